The van der Waals surface area contributed by atoms with Gasteiger partial charge in [0.05, 0.1) is 0 Å². The second-order valence-corrected chi connectivity index (χ2v) is 5.74. The Morgan fingerprint density at radius 3 is 2.53 bits per heavy atom. The third-order valence-corrected chi connectivity index (χ3v) is 3.04. The van der Waals surface area contributed by atoms with Gasteiger partial charge >= 0.3 is 6.09 Å². The number of imide groups is 1. The standard InChI is InChI=1S/C13H23NO3/c1-6-7-10-8-11(15)14(9(10)2)12(16)17-13(3,4)5/h9-10H,6-8H2,1-5H3/t9-,10+/m1/s1. The first-order valence-electron chi connectivity index (χ1n) is 6.31. The van der Waals surface area contributed by atoms with E-state index in [0.717, 1.165) is 12.8 Å². The SMILES string of the molecule is CCC[C@H]1CC(=O)N(C(=O)OC(C)(C)C)[C@@H]1C. The van der Waals surface area contributed by atoms with Crippen LogP contribution in [-0.2, 0) is 9.53 Å². The van der Waals surface area contributed by atoms with E-state index >= 15 is 0 Å². The smallest absolute Gasteiger partial charge is 0.417 e. The number of likely N-dealkylation sites (tertiary alicyclic amines) is 1. The number of rotatable bonds is 2. The predicted octanol–water partition coefficient (Wildman–Crippen LogP) is 2.96. The molecule has 1 fully saturated rings. The number of nitrogens with zero attached hydrogens (tertiary/aromatic N) is 1. The molecule has 0 saturated carbocycles. The molecule has 0 aromatic carbocycles. The largest absolute Gasteiger partial charge is 0.443 e. The normalized spacial score (nSPS) is 25.2. The Morgan fingerprint density at radius 1 is 1.47 bits per heavy atom. The quantitative estimate of drug-likeness (QED) is 0.746. The Kier molecular flexibility index (Phi) is 4.17. The predicted molar refractivity (Wildman–Crippen MR) is 65.6 cm³/mol. The van der Waals surface area contributed by atoms with Crippen LogP contribution in [0.25, 0.3) is 0 Å². The minimum absolute atomic E-state index is 0.0442. The van der Waals surface area contributed by atoms with Gasteiger partial charge in [-0.3, -0.25) is 4.79 Å². The number of hydrogen-bond donors (Lipinski definition) is 0. The molecule has 1 heterocycles. The number of carbonyl (C=O) groups is 2. The molecule has 0 unspecified atom stereocenters. The van der Waals surface area contributed by atoms with E-state index in [1.165, 1.54) is 4.90 Å². The van der Waals surface area contributed by atoms with Crippen LogP contribution < -0.4 is 0 Å². The van der Waals surface area contributed by atoms with Gasteiger partial charge in [-0.25, -0.2) is 9.69 Å². The molecule has 2 amide bonds. The van der Waals surface area contributed by atoms with Crippen molar-refractivity contribution in [2.75, 3.05) is 0 Å². The van der Waals surface area contributed by atoms with Crippen LogP contribution in [0.4, 0.5) is 4.79 Å². The molecular weight excluding hydrogens is 218 g/mol. The maximum atomic E-state index is 11.9. The van der Waals surface area contributed by atoms with Crippen LogP contribution in [0.1, 0.15) is 53.9 Å². The average molecular weight is 241 g/mol. The highest BCUT2D eigenvalue weighted by molar-refractivity contribution is 5.94. The molecule has 1 rings (SSSR count). The van der Waals surface area contributed by atoms with Crippen molar-refractivity contribution < 1.29 is 14.3 Å². The van der Waals surface area contributed by atoms with Crippen molar-refractivity contribution in [3.05, 3.63) is 0 Å². The Bertz CT molecular complexity index is 306. The van der Waals surface area contributed by atoms with Crippen LogP contribution >= 0.6 is 0 Å². The second kappa shape index (κ2) is 5.07. The van der Waals surface area contributed by atoms with E-state index in [1.807, 2.05) is 6.92 Å². The van der Waals surface area contributed by atoms with Gasteiger partial charge in [-0.15, -0.1) is 0 Å². The molecule has 17 heavy (non-hydrogen) atoms. The minimum atomic E-state index is -0.556. The van der Waals surface area contributed by atoms with Crippen molar-refractivity contribution in [3.8, 4) is 0 Å². The molecule has 4 heteroatoms. The molecule has 98 valence electrons. The molecule has 4 nitrogen and oxygen atoms in total. The molecule has 0 radical (unpaired) electrons. The molecule has 1 aliphatic rings. The topological polar surface area (TPSA) is 46.6 Å². The van der Waals surface area contributed by atoms with Gasteiger partial charge in [-0.2, -0.15) is 0 Å². The fraction of sp³-hybridized carbons (Fsp3) is 0.846. The van der Waals surface area contributed by atoms with E-state index < -0.39 is 11.7 Å². The maximum absolute atomic E-state index is 11.9. The highest BCUT2D eigenvalue weighted by Gasteiger charge is 2.41. The van der Waals surface area contributed by atoms with Crippen LogP contribution in [-0.4, -0.2) is 28.5 Å². The summed E-state index contributed by atoms with van der Waals surface area (Å²) in [5.74, 6) is 0.171. The zero-order valence-corrected chi connectivity index (χ0v) is 11.4. The zero-order chi connectivity index (χ0) is 13.2. The van der Waals surface area contributed by atoms with E-state index in [-0.39, 0.29) is 17.9 Å². The van der Waals surface area contributed by atoms with Crippen LogP contribution in [0.5, 0.6) is 0 Å². The lowest BCUT2D eigenvalue weighted by Crippen LogP contribution is -2.42. The van der Waals surface area contributed by atoms with Gasteiger partial charge in [-0.05, 0) is 40.0 Å². The second-order valence-electron chi connectivity index (χ2n) is 5.74. The molecule has 0 aliphatic carbocycles. The molecule has 0 spiro atoms. The van der Waals surface area contributed by atoms with E-state index in [4.69, 9.17) is 4.74 Å². The number of carbonyl (C=O) groups excluding carboxylic acids is 2. The first kappa shape index (κ1) is 14.0. The van der Waals surface area contributed by atoms with E-state index in [1.54, 1.807) is 20.8 Å². The Balaban J connectivity index is 2.71. The van der Waals surface area contributed by atoms with Gasteiger partial charge in [0.2, 0.25) is 5.91 Å². The summed E-state index contributed by atoms with van der Waals surface area (Å²) in [6, 6.07) is -0.0442. The molecular formula is C13H23NO3. The summed E-state index contributed by atoms with van der Waals surface area (Å²) < 4.78 is 5.26. The lowest BCUT2D eigenvalue weighted by molar-refractivity contribution is -0.127. The van der Waals surface area contributed by atoms with Gasteiger partial charge in [0.1, 0.15) is 5.60 Å². The van der Waals surface area contributed by atoms with Crippen LogP contribution in [0.2, 0.25) is 0 Å². The van der Waals surface area contributed by atoms with Crippen molar-refractivity contribution in [1.29, 1.82) is 0 Å². The van der Waals surface area contributed by atoms with Crippen molar-refractivity contribution in [1.82, 2.24) is 4.90 Å². The van der Waals surface area contributed by atoms with Crippen molar-refractivity contribution in [2.45, 2.75) is 65.5 Å². The van der Waals surface area contributed by atoms with Gasteiger partial charge in [0.25, 0.3) is 0 Å². The molecule has 0 aromatic heterocycles. The van der Waals surface area contributed by atoms with Gasteiger partial charge in [0.15, 0.2) is 0 Å². The highest BCUT2D eigenvalue weighted by atomic mass is 16.6. The maximum Gasteiger partial charge on any atom is 0.417 e. The molecule has 2 atom stereocenters. The summed E-state index contributed by atoms with van der Waals surface area (Å²) >= 11 is 0. The summed E-state index contributed by atoms with van der Waals surface area (Å²) in [6.07, 6.45) is 1.97. The number of hydrogen-bond acceptors (Lipinski definition) is 3. The van der Waals surface area contributed by atoms with E-state index in [0.29, 0.717) is 6.42 Å². The zero-order valence-electron chi connectivity index (χ0n) is 11.4. The summed E-state index contributed by atoms with van der Waals surface area (Å²) in [7, 11) is 0. The van der Waals surface area contributed by atoms with E-state index in [9.17, 15) is 9.59 Å². The summed E-state index contributed by atoms with van der Waals surface area (Å²) in [6.45, 7) is 9.43. The van der Waals surface area contributed by atoms with Crippen molar-refractivity contribution in [2.24, 2.45) is 5.92 Å². The minimum Gasteiger partial charge on any atom is -0.443 e. The fourth-order valence-electron chi connectivity index (χ4n) is 2.22. The monoisotopic (exact) mass is 241 g/mol. The van der Waals surface area contributed by atoms with Gasteiger partial charge in [-0.1, -0.05) is 13.3 Å². The Labute approximate surface area is 103 Å². The third-order valence-electron chi connectivity index (χ3n) is 3.04. The van der Waals surface area contributed by atoms with Gasteiger partial charge in [0, 0.05) is 12.5 Å². The van der Waals surface area contributed by atoms with Crippen molar-refractivity contribution in [3.63, 3.8) is 0 Å². The molecule has 0 aromatic rings. The van der Waals surface area contributed by atoms with E-state index in [2.05, 4.69) is 6.92 Å². The number of amides is 2. The first-order valence-corrected chi connectivity index (χ1v) is 6.31. The lowest BCUT2D eigenvalue weighted by Gasteiger charge is -2.27. The van der Waals surface area contributed by atoms with Gasteiger partial charge < -0.3 is 4.74 Å². The Hall–Kier alpha value is -1.06. The summed E-state index contributed by atoms with van der Waals surface area (Å²) in [5.41, 5.74) is -0.556. The molecule has 0 bridgehead atoms. The molecule has 0 N–H and O–H groups in total. The summed E-state index contributed by atoms with van der Waals surface area (Å²) in [4.78, 5) is 25.0. The summed E-state index contributed by atoms with van der Waals surface area (Å²) in [5, 5.41) is 0. The first-order chi connectivity index (χ1) is 7.76. The Morgan fingerprint density at radius 2 is 2.06 bits per heavy atom. The molecule has 1 saturated heterocycles. The number of ether oxygens (including phenoxy) is 1. The molecule has 1 aliphatic heterocycles. The highest BCUT2D eigenvalue weighted by Crippen LogP contribution is 2.30. The van der Waals surface area contributed by atoms with Crippen LogP contribution in [0, 0.1) is 5.92 Å². The third kappa shape index (κ3) is 3.45. The van der Waals surface area contributed by atoms with Crippen LogP contribution in [0.15, 0.2) is 0 Å². The lowest BCUT2D eigenvalue weighted by atomic mass is 9.96. The van der Waals surface area contributed by atoms with Crippen LogP contribution in [0.3, 0.4) is 0 Å². The van der Waals surface area contributed by atoms with Crippen molar-refractivity contribution >= 4 is 12.0 Å². The average Bonchev–Trinajstić information content (AvgIpc) is 2.39. The fourth-order valence-corrected chi connectivity index (χ4v) is 2.22.